The zero-order valence-corrected chi connectivity index (χ0v) is 7.05. The SMILES string of the molecule is C=C(C)COCCOC(C)=O. The highest BCUT2D eigenvalue weighted by Crippen LogP contribution is 1.87. The van der Waals surface area contributed by atoms with E-state index in [2.05, 4.69) is 11.3 Å². The Morgan fingerprint density at radius 3 is 2.45 bits per heavy atom. The van der Waals surface area contributed by atoms with Gasteiger partial charge >= 0.3 is 5.97 Å². The van der Waals surface area contributed by atoms with Crippen molar-refractivity contribution in [1.82, 2.24) is 0 Å². The number of ether oxygens (including phenoxy) is 2. The molecule has 0 atom stereocenters. The predicted octanol–water partition coefficient (Wildman–Crippen LogP) is 1.14. The van der Waals surface area contributed by atoms with Crippen molar-refractivity contribution in [3.8, 4) is 0 Å². The number of rotatable bonds is 5. The number of carbonyl (C=O) groups is 1. The Kier molecular flexibility index (Phi) is 5.47. The molecule has 0 saturated carbocycles. The van der Waals surface area contributed by atoms with Gasteiger partial charge in [0.2, 0.25) is 0 Å². The molecule has 0 aliphatic heterocycles. The van der Waals surface area contributed by atoms with Gasteiger partial charge in [-0.25, -0.2) is 0 Å². The van der Waals surface area contributed by atoms with Crippen LogP contribution in [0.15, 0.2) is 12.2 Å². The first-order valence-corrected chi connectivity index (χ1v) is 3.48. The average molecular weight is 158 g/mol. The van der Waals surface area contributed by atoms with Crippen molar-refractivity contribution < 1.29 is 14.3 Å². The largest absolute Gasteiger partial charge is 0.463 e. The molecule has 0 aromatic heterocycles. The van der Waals surface area contributed by atoms with E-state index in [-0.39, 0.29) is 5.97 Å². The van der Waals surface area contributed by atoms with Gasteiger partial charge in [-0.15, -0.1) is 0 Å². The van der Waals surface area contributed by atoms with Crippen LogP contribution < -0.4 is 0 Å². The molecule has 0 amide bonds. The highest BCUT2D eigenvalue weighted by molar-refractivity contribution is 5.65. The lowest BCUT2D eigenvalue weighted by Crippen LogP contribution is -2.08. The standard InChI is InChI=1S/C8H14O3/c1-7(2)6-10-4-5-11-8(3)9/h1,4-6H2,2-3H3. The van der Waals surface area contributed by atoms with Gasteiger partial charge in [-0.05, 0) is 6.92 Å². The van der Waals surface area contributed by atoms with Crippen molar-refractivity contribution in [2.75, 3.05) is 19.8 Å². The van der Waals surface area contributed by atoms with Crippen molar-refractivity contribution >= 4 is 5.97 Å². The molecule has 3 heteroatoms. The third-order valence-electron chi connectivity index (χ3n) is 0.881. The molecule has 3 nitrogen and oxygen atoms in total. The number of esters is 1. The second-order valence-corrected chi connectivity index (χ2v) is 2.35. The molecule has 0 radical (unpaired) electrons. The van der Waals surface area contributed by atoms with Gasteiger partial charge in [-0.1, -0.05) is 12.2 Å². The first-order valence-electron chi connectivity index (χ1n) is 3.48. The second-order valence-electron chi connectivity index (χ2n) is 2.35. The van der Waals surface area contributed by atoms with Crippen LogP contribution in [0.4, 0.5) is 0 Å². The van der Waals surface area contributed by atoms with E-state index in [1.165, 1.54) is 6.92 Å². The topological polar surface area (TPSA) is 35.5 Å². The van der Waals surface area contributed by atoms with E-state index >= 15 is 0 Å². The Morgan fingerprint density at radius 2 is 2.00 bits per heavy atom. The summed E-state index contributed by atoms with van der Waals surface area (Å²) in [5.41, 5.74) is 0.966. The molecule has 0 rings (SSSR count). The van der Waals surface area contributed by atoms with E-state index in [1.807, 2.05) is 6.92 Å². The monoisotopic (exact) mass is 158 g/mol. The maximum atomic E-state index is 10.2. The molecule has 0 N–H and O–H groups in total. The van der Waals surface area contributed by atoms with Crippen LogP contribution >= 0.6 is 0 Å². The average Bonchev–Trinajstić information content (AvgIpc) is 1.85. The van der Waals surface area contributed by atoms with Gasteiger partial charge in [0.15, 0.2) is 0 Å². The third-order valence-corrected chi connectivity index (χ3v) is 0.881. The molecule has 0 aromatic carbocycles. The predicted molar refractivity (Wildman–Crippen MR) is 42.3 cm³/mol. The van der Waals surface area contributed by atoms with Crippen LogP contribution in [-0.2, 0) is 14.3 Å². The fourth-order valence-corrected chi connectivity index (χ4v) is 0.491. The Morgan fingerprint density at radius 1 is 1.36 bits per heavy atom. The van der Waals surface area contributed by atoms with Crippen LogP contribution in [0.1, 0.15) is 13.8 Å². The summed E-state index contributed by atoms with van der Waals surface area (Å²) in [6.45, 7) is 8.20. The van der Waals surface area contributed by atoms with E-state index in [0.717, 1.165) is 5.57 Å². The third kappa shape index (κ3) is 9.17. The van der Waals surface area contributed by atoms with E-state index in [1.54, 1.807) is 0 Å². The summed E-state index contributed by atoms with van der Waals surface area (Å²) in [4.78, 5) is 10.2. The summed E-state index contributed by atoms with van der Waals surface area (Å²) in [6.07, 6.45) is 0. The lowest BCUT2D eigenvalue weighted by Gasteiger charge is -2.02. The number of carbonyl (C=O) groups excluding carboxylic acids is 1. The molecular weight excluding hydrogens is 144 g/mol. The molecule has 64 valence electrons. The maximum absolute atomic E-state index is 10.2. The number of hydrogen-bond acceptors (Lipinski definition) is 3. The summed E-state index contributed by atoms with van der Waals surface area (Å²) in [5, 5.41) is 0. The molecule has 11 heavy (non-hydrogen) atoms. The molecule has 0 unspecified atom stereocenters. The van der Waals surface area contributed by atoms with Crippen molar-refractivity contribution in [2.45, 2.75) is 13.8 Å². The number of hydrogen-bond donors (Lipinski definition) is 0. The lowest BCUT2D eigenvalue weighted by molar-refractivity contribution is -0.142. The molecule has 0 aromatic rings. The highest BCUT2D eigenvalue weighted by Gasteiger charge is 1.92. The van der Waals surface area contributed by atoms with Gasteiger partial charge in [0.05, 0.1) is 13.2 Å². The van der Waals surface area contributed by atoms with Crippen molar-refractivity contribution in [1.29, 1.82) is 0 Å². The van der Waals surface area contributed by atoms with Gasteiger partial charge in [-0.2, -0.15) is 0 Å². The minimum Gasteiger partial charge on any atom is -0.463 e. The van der Waals surface area contributed by atoms with Gasteiger partial charge in [0, 0.05) is 6.92 Å². The molecular formula is C8H14O3. The summed E-state index contributed by atoms with van der Waals surface area (Å²) < 4.78 is 9.70. The van der Waals surface area contributed by atoms with Gasteiger partial charge in [0.25, 0.3) is 0 Å². The first kappa shape index (κ1) is 10.2. The zero-order chi connectivity index (χ0) is 8.69. The van der Waals surface area contributed by atoms with Crippen molar-refractivity contribution in [2.24, 2.45) is 0 Å². The van der Waals surface area contributed by atoms with E-state index in [0.29, 0.717) is 19.8 Å². The molecule has 0 fully saturated rings. The highest BCUT2D eigenvalue weighted by atomic mass is 16.6. The molecule has 0 heterocycles. The van der Waals surface area contributed by atoms with Gasteiger partial charge in [0.1, 0.15) is 6.61 Å². The Bertz CT molecular complexity index is 124. The molecule has 0 saturated heterocycles. The summed E-state index contributed by atoms with van der Waals surface area (Å²) >= 11 is 0. The van der Waals surface area contributed by atoms with Crippen LogP contribution in [0.25, 0.3) is 0 Å². The van der Waals surface area contributed by atoms with Gasteiger partial charge < -0.3 is 9.47 Å². The fraction of sp³-hybridized carbons (Fsp3) is 0.625. The Labute approximate surface area is 67.0 Å². The summed E-state index contributed by atoms with van der Waals surface area (Å²) in [6, 6.07) is 0. The minimum absolute atomic E-state index is 0.274. The normalized spacial score (nSPS) is 9.27. The van der Waals surface area contributed by atoms with Crippen molar-refractivity contribution in [3.63, 3.8) is 0 Å². The molecule has 0 spiro atoms. The first-order chi connectivity index (χ1) is 5.13. The molecule has 0 bridgehead atoms. The van der Waals surface area contributed by atoms with Crippen LogP contribution in [0, 0.1) is 0 Å². The van der Waals surface area contributed by atoms with E-state index < -0.39 is 0 Å². The van der Waals surface area contributed by atoms with Crippen LogP contribution in [0.2, 0.25) is 0 Å². The molecule has 0 aliphatic carbocycles. The molecule has 0 aliphatic rings. The smallest absolute Gasteiger partial charge is 0.302 e. The zero-order valence-electron chi connectivity index (χ0n) is 7.05. The quantitative estimate of drug-likeness (QED) is 0.342. The summed E-state index contributed by atoms with van der Waals surface area (Å²) in [5.74, 6) is -0.274. The van der Waals surface area contributed by atoms with E-state index in [9.17, 15) is 4.79 Å². The van der Waals surface area contributed by atoms with Crippen LogP contribution in [-0.4, -0.2) is 25.8 Å². The van der Waals surface area contributed by atoms with E-state index in [4.69, 9.17) is 4.74 Å². The maximum Gasteiger partial charge on any atom is 0.302 e. The van der Waals surface area contributed by atoms with Crippen LogP contribution in [0.5, 0.6) is 0 Å². The minimum atomic E-state index is -0.274. The Hall–Kier alpha value is -0.830. The summed E-state index contributed by atoms with van der Waals surface area (Å²) in [7, 11) is 0. The Balaban J connectivity index is 3.03. The fourth-order valence-electron chi connectivity index (χ4n) is 0.491. The van der Waals surface area contributed by atoms with Crippen LogP contribution in [0.3, 0.4) is 0 Å². The lowest BCUT2D eigenvalue weighted by atomic mass is 10.4. The van der Waals surface area contributed by atoms with Gasteiger partial charge in [-0.3, -0.25) is 4.79 Å². The second kappa shape index (κ2) is 5.92. The van der Waals surface area contributed by atoms with Crippen molar-refractivity contribution in [3.05, 3.63) is 12.2 Å².